The van der Waals surface area contributed by atoms with Crippen LogP contribution in [0.15, 0.2) is 47.4 Å². The van der Waals surface area contributed by atoms with E-state index in [1.54, 1.807) is 12.1 Å². The summed E-state index contributed by atoms with van der Waals surface area (Å²) in [4.78, 5) is 21.7. The lowest BCUT2D eigenvalue weighted by Gasteiger charge is -2.34. The van der Waals surface area contributed by atoms with Crippen LogP contribution in [0.3, 0.4) is 0 Å². The molecule has 0 atom stereocenters. The molecule has 2 aromatic carbocycles. The topological polar surface area (TPSA) is 70.6 Å². The molecule has 1 aliphatic rings. The van der Waals surface area contributed by atoms with Crippen LogP contribution in [0.25, 0.3) is 10.2 Å². The molecule has 1 amide bonds. The van der Waals surface area contributed by atoms with Crippen molar-refractivity contribution in [3.05, 3.63) is 53.6 Å². The van der Waals surface area contributed by atoms with Gasteiger partial charge in [0.1, 0.15) is 5.52 Å². The van der Waals surface area contributed by atoms with Crippen molar-refractivity contribution in [2.24, 2.45) is 0 Å². The average Bonchev–Trinajstić information content (AvgIpc) is 3.17. The van der Waals surface area contributed by atoms with E-state index in [1.807, 2.05) is 23.1 Å². The fourth-order valence-electron chi connectivity index (χ4n) is 3.80. The van der Waals surface area contributed by atoms with Gasteiger partial charge in [-0.25, -0.2) is 13.4 Å². The molecule has 0 saturated carbocycles. The third-order valence-electron chi connectivity index (χ3n) is 5.67. The second-order valence-corrected chi connectivity index (χ2v) is 11.3. The third kappa shape index (κ3) is 4.75. The Kier molecular flexibility index (Phi) is 6.03. The Labute approximate surface area is 187 Å². The molecular formula is C23H27N3O3S2. The molecule has 0 aliphatic carbocycles. The number of hydrogen-bond acceptors (Lipinski definition) is 6. The number of carbonyl (C=O) groups is 1. The fraction of sp³-hybridized carbons (Fsp3) is 0.391. The van der Waals surface area contributed by atoms with Gasteiger partial charge in [0, 0.05) is 32.4 Å². The molecule has 0 radical (unpaired) electrons. The number of hydrogen-bond donors (Lipinski definition) is 0. The molecule has 1 saturated heterocycles. The maximum atomic E-state index is 12.8. The SMILES string of the molecule is CC(C)c1ccc(CC(=O)N2CCN(c3nc4c(S(C)(=O)=O)cccc4s3)CC2)cc1. The van der Waals surface area contributed by atoms with Gasteiger partial charge in [0.05, 0.1) is 16.0 Å². The fourth-order valence-corrected chi connectivity index (χ4v) is 5.74. The van der Waals surface area contributed by atoms with Crippen LogP contribution >= 0.6 is 11.3 Å². The van der Waals surface area contributed by atoms with Crippen molar-refractivity contribution in [1.82, 2.24) is 9.88 Å². The number of anilines is 1. The molecular weight excluding hydrogens is 430 g/mol. The molecule has 3 aromatic rings. The average molecular weight is 458 g/mol. The van der Waals surface area contributed by atoms with E-state index in [9.17, 15) is 13.2 Å². The molecule has 8 heteroatoms. The summed E-state index contributed by atoms with van der Waals surface area (Å²) in [5.74, 6) is 0.620. The van der Waals surface area contributed by atoms with Crippen LogP contribution in [-0.4, -0.2) is 56.6 Å². The van der Waals surface area contributed by atoms with E-state index in [1.165, 1.54) is 23.2 Å². The molecule has 1 aromatic heterocycles. The van der Waals surface area contributed by atoms with E-state index < -0.39 is 9.84 Å². The minimum absolute atomic E-state index is 0.139. The number of piperazine rings is 1. The summed E-state index contributed by atoms with van der Waals surface area (Å²) >= 11 is 1.50. The monoisotopic (exact) mass is 457 g/mol. The summed E-state index contributed by atoms with van der Waals surface area (Å²) < 4.78 is 25.0. The zero-order chi connectivity index (χ0) is 22.2. The minimum atomic E-state index is -3.33. The standard InChI is InChI=1S/C23H27N3O3S2/c1-16(2)18-9-7-17(8-10-18)15-21(27)25-11-13-26(14-12-25)23-24-22-19(30-23)5-4-6-20(22)31(3,28)29/h4-10,16H,11-15H2,1-3H3. The van der Waals surface area contributed by atoms with Gasteiger partial charge in [0.25, 0.3) is 0 Å². The minimum Gasteiger partial charge on any atom is -0.345 e. The van der Waals surface area contributed by atoms with Gasteiger partial charge in [-0.05, 0) is 29.2 Å². The van der Waals surface area contributed by atoms with Gasteiger partial charge in [-0.1, -0.05) is 55.5 Å². The number of thiazole rings is 1. The van der Waals surface area contributed by atoms with Gasteiger partial charge in [0.15, 0.2) is 15.0 Å². The van der Waals surface area contributed by atoms with Gasteiger partial charge >= 0.3 is 0 Å². The van der Waals surface area contributed by atoms with Gasteiger partial charge in [-0.3, -0.25) is 4.79 Å². The van der Waals surface area contributed by atoms with E-state index >= 15 is 0 Å². The molecule has 6 nitrogen and oxygen atoms in total. The van der Waals surface area contributed by atoms with Crippen LogP contribution in [0.5, 0.6) is 0 Å². The van der Waals surface area contributed by atoms with Crippen molar-refractivity contribution in [2.45, 2.75) is 31.1 Å². The smallest absolute Gasteiger partial charge is 0.227 e. The Bertz CT molecular complexity index is 1190. The highest BCUT2D eigenvalue weighted by atomic mass is 32.2. The zero-order valence-electron chi connectivity index (χ0n) is 18.0. The second kappa shape index (κ2) is 8.59. The predicted molar refractivity (Wildman–Crippen MR) is 126 cm³/mol. The van der Waals surface area contributed by atoms with E-state index in [4.69, 9.17) is 0 Å². The van der Waals surface area contributed by atoms with E-state index in [0.29, 0.717) is 44.0 Å². The molecule has 0 unspecified atom stereocenters. The highest BCUT2D eigenvalue weighted by Gasteiger charge is 2.24. The second-order valence-electron chi connectivity index (χ2n) is 8.31. The van der Waals surface area contributed by atoms with Crippen LogP contribution in [0.1, 0.15) is 30.9 Å². The first-order chi connectivity index (χ1) is 14.7. The Morgan fingerprint density at radius 3 is 2.35 bits per heavy atom. The summed E-state index contributed by atoms with van der Waals surface area (Å²) in [6.45, 7) is 6.97. The highest BCUT2D eigenvalue weighted by molar-refractivity contribution is 7.91. The Hall–Kier alpha value is -2.45. The maximum absolute atomic E-state index is 12.8. The quantitative estimate of drug-likeness (QED) is 0.584. The molecule has 4 rings (SSSR count). The molecule has 31 heavy (non-hydrogen) atoms. The molecule has 2 heterocycles. The van der Waals surface area contributed by atoms with Crippen molar-refractivity contribution in [3.8, 4) is 0 Å². The Balaban J connectivity index is 1.41. The first kappa shape index (κ1) is 21.8. The number of fused-ring (bicyclic) bond motifs is 1. The van der Waals surface area contributed by atoms with Crippen LogP contribution in [0, 0.1) is 0 Å². The summed E-state index contributed by atoms with van der Waals surface area (Å²) in [7, 11) is -3.33. The number of para-hydroxylation sites is 1. The number of carbonyl (C=O) groups excluding carboxylic acids is 1. The Morgan fingerprint density at radius 1 is 1.06 bits per heavy atom. The third-order valence-corrected chi connectivity index (χ3v) is 7.88. The zero-order valence-corrected chi connectivity index (χ0v) is 19.7. The lowest BCUT2D eigenvalue weighted by Crippen LogP contribution is -2.49. The van der Waals surface area contributed by atoms with Gasteiger partial charge < -0.3 is 9.80 Å². The van der Waals surface area contributed by atoms with E-state index in [0.717, 1.165) is 15.4 Å². The first-order valence-electron chi connectivity index (χ1n) is 10.4. The predicted octanol–water partition coefficient (Wildman–Crippen LogP) is 3.71. The van der Waals surface area contributed by atoms with Crippen molar-refractivity contribution in [2.75, 3.05) is 37.3 Å². The molecule has 1 aliphatic heterocycles. The largest absolute Gasteiger partial charge is 0.345 e. The van der Waals surface area contributed by atoms with Crippen molar-refractivity contribution < 1.29 is 13.2 Å². The van der Waals surface area contributed by atoms with Crippen LogP contribution in [0.4, 0.5) is 5.13 Å². The molecule has 164 valence electrons. The van der Waals surface area contributed by atoms with Crippen LogP contribution in [0.2, 0.25) is 0 Å². The number of sulfone groups is 1. The molecule has 1 fully saturated rings. The number of rotatable bonds is 5. The highest BCUT2D eigenvalue weighted by Crippen LogP contribution is 2.33. The normalized spacial score (nSPS) is 15.1. The van der Waals surface area contributed by atoms with Gasteiger partial charge in [-0.2, -0.15) is 0 Å². The summed E-state index contributed by atoms with van der Waals surface area (Å²) in [5.41, 5.74) is 2.85. The molecule has 0 bridgehead atoms. The first-order valence-corrected chi connectivity index (χ1v) is 13.1. The summed E-state index contributed by atoms with van der Waals surface area (Å²) in [5, 5.41) is 0.808. The summed E-state index contributed by atoms with van der Waals surface area (Å²) in [6, 6.07) is 13.5. The van der Waals surface area contributed by atoms with Crippen molar-refractivity contribution >= 4 is 42.4 Å². The van der Waals surface area contributed by atoms with Gasteiger partial charge in [0.2, 0.25) is 5.91 Å². The molecule has 0 N–H and O–H groups in total. The molecule has 0 spiro atoms. The lowest BCUT2D eigenvalue weighted by atomic mass is 10.0. The maximum Gasteiger partial charge on any atom is 0.227 e. The Morgan fingerprint density at radius 2 is 1.74 bits per heavy atom. The number of amides is 1. The van der Waals surface area contributed by atoms with E-state index in [2.05, 4.69) is 35.9 Å². The number of nitrogens with zero attached hydrogens (tertiary/aromatic N) is 3. The van der Waals surface area contributed by atoms with Crippen LogP contribution < -0.4 is 4.90 Å². The lowest BCUT2D eigenvalue weighted by molar-refractivity contribution is -0.130. The van der Waals surface area contributed by atoms with Crippen molar-refractivity contribution in [1.29, 1.82) is 0 Å². The summed E-state index contributed by atoms with van der Waals surface area (Å²) in [6.07, 6.45) is 1.62. The number of benzene rings is 2. The van der Waals surface area contributed by atoms with Crippen LogP contribution in [-0.2, 0) is 21.1 Å². The van der Waals surface area contributed by atoms with Gasteiger partial charge in [-0.15, -0.1) is 0 Å². The van der Waals surface area contributed by atoms with E-state index in [-0.39, 0.29) is 10.8 Å². The number of aromatic nitrogens is 1. The van der Waals surface area contributed by atoms with Crippen molar-refractivity contribution in [3.63, 3.8) is 0 Å².